The van der Waals surface area contributed by atoms with E-state index < -0.39 is 11.4 Å². The van der Waals surface area contributed by atoms with Gasteiger partial charge in [-0.05, 0) is 31.0 Å². The van der Waals surface area contributed by atoms with E-state index in [2.05, 4.69) is 5.32 Å². The van der Waals surface area contributed by atoms with Gasteiger partial charge >= 0.3 is 0 Å². The summed E-state index contributed by atoms with van der Waals surface area (Å²) in [6, 6.07) is 3.69. The SMILES string of the molecule is CCC(N)(CC)CNC(=O)c1ccc(F)cc1Cl.Cl. The van der Waals surface area contributed by atoms with Crippen molar-refractivity contribution in [3.8, 4) is 0 Å². The zero-order valence-electron chi connectivity index (χ0n) is 11.0. The van der Waals surface area contributed by atoms with E-state index in [9.17, 15) is 9.18 Å². The summed E-state index contributed by atoms with van der Waals surface area (Å²) in [5.41, 5.74) is 5.92. The highest BCUT2D eigenvalue weighted by Gasteiger charge is 2.21. The zero-order valence-corrected chi connectivity index (χ0v) is 12.6. The number of rotatable bonds is 5. The quantitative estimate of drug-likeness (QED) is 0.878. The molecule has 1 aromatic rings. The number of carbonyl (C=O) groups is 1. The van der Waals surface area contributed by atoms with Gasteiger partial charge < -0.3 is 11.1 Å². The first kappa shape index (κ1) is 18.2. The van der Waals surface area contributed by atoms with Gasteiger partial charge in [0.1, 0.15) is 5.82 Å². The first-order valence-electron chi connectivity index (χ1n) is 5.94. The Balaban J connectivity index is 0.00000324. The number of amides is 1. The molecule has 0 saturated heterocycles. The minimum atomic E-state index is -0.466. The van der Waals surface area contributed by atoms with Crippen molar-refractivity contribution >= 4 is 29.9 Å². The fourth-order valence-electron chi connectivity index (χ4n) is 1.53. The first-order chi connectivity index (χ1) is 8.41. The Labute approximate surface area is 124 Å². The number of hydrogen-bond acceptors (Lipinski definition) is 2. The lowest BCUT2D eigenvalue weighted by atomic mass is 9.94. The largest absolute Gasteiger partial charge is 0.350 e. The summed E-state index contributed by atoms with van der Waals surface area (Å²) >= 11 is 5.81. The molecule has 0 radical (unpaired) electrons. The van der Waals surface area contributed by atoms with Crippen LogP contribution in [-0.2, 0) is 0 Å². The molecule has 0 fully saturated rings. The van der Waals surface area contributed by atoms with E-state index in [1.54, 1.807) is 0 Å². The Morgan fingerprint density at radius 2 is 2.00 bits per heavy atom. The molecule has 3 N–H and O–H groups in total. The molecule has 0 unspecified atom stereocenters. The number of nitrogens with two attached hydrogens (primary N) is 1. The Bertz CT molecular complexity index is 437. The molecule has 0 aromatic heterocycles. The molecule has 19 heavy (non-hydrogen) atoms. The minimum absolute atomic E-state index is 0. The van der Waals surface area contributed by atoms with Crippen LogP contribution in [0.3, 0.4) is 0 Å². The van der Waals surface area contributed by atoms with Gasteiger partial charge in [0.25, 0.3) is 5.91 Å². The normalized spacial score (nSPS) is 10.8. The predicted octanol–water partition coefficient (Wildman–Crippen LogP) is 3.15. The fourth-order valence-corrected chi connectivity index (χ4v) is 1.78. The van der Waals surface area contributed by atoms with E-state index in [1.165, 1.54) is 12.1 Å². The molecular formula is C13H19Cl2FN2O. The van der Waals surface area contributed by atoms with Gasteiger partial charge in [-0.3, -0.25) is 4.79 Å². The molecule has 0 atom stereocenters. The third kappa shape index (κ3) is 4.97. The number of nitrogens with one attached hydrogen (secondary N) is 1. The van der Waals surface area contributed by atoms with Gasteiger partial charge in [0.05, 0.1) is 10.6 Å². The van der Waals surface area contributed by atoms with E-state index in [-0.39, 0.29) is 28.9 Å². The lowest BCUT2D eigenvalue weighted by Crippen LogP contribution is -2.49. The van der Waals surface area contributed by atoms with Crippen LogP contribution in [0.4, 0.5) is 4.39 Å². The number of carbonyl (C=O) groups excluding carboxylic acids is 1. The van der Waals surface area contributed by atoms with Crippen molar-refractivity contribution in [2.24, 2.45) is 5.73 Å². The predicted molar refractivity (Wildman–Crippen MR) is 78.5 cm³/mol. The molecular weight excluding hydrogens is 290 g/mol. The van der Waals surface area contributed by atoms with Crippen LogP contribution < -0.4 is 11.1 Å². The number of hydrogen-bond donors (Lipinski definition) is 2. The number of benzene rings is 1. The van der Waals surface area contributed by atoms with Gasteiger partial charge in [-0.25, -0.2) is 4.39 Å². The molecule has 0 saturated carbocycles. The van der Waals surface area contributed by atoms with Crippen molar-refractivity contribution in [1.82, 2.24) is 5.32 Å². The van der Waals surface area contributed by atoms with Gasteiger partial charge in [0.2, 0.25) is 0 Å². The maximum Gasteiger partial charge on any atom is 0.252 e. The lowest BCUT2D eigenvalue weighted by molar-refractivity contribution is 0.0942. The van der Waals surface area contributed by atoms with Gasteiger partial charge in [0.15, 0.2) is 0 Å². The molecule has 0 bridgehead atoms. The highest BCUT2D eigenvalue weighted by molar-refractivity contribution is 6.33. The molecule has 0 aliphatic rings. The summed E-state index contributed by atoms with van der Waals surface area (Å²) in [7, 11) is 0. The minimum Gasteiger partial charge on any atom is -0.350 e. The second kappa shape index (κ2) is 7.68. The van der Waals surface area contributed by atoms with E-state index >= 15 is 0 Å². The number of halogens is 3. The van der Waals surface area contributed by atoms with Crippen LogP contribution in [0.25, 0.3) is 0 Å². The molecule has 6 heteroatoms. The van der Waals surface area contributed by atoms with E-state index in [0.29, 0.717) is 6.54 Å². The maximum absolute atomic E-state index is 12.9. The highest BCUT2D eigenvalue weighted by atomic mass is 35.5. The van der Waals surface area contributed by atoms with Crippen LogP contribution in [0.1, 0.15) is 37.0 Å². The van der Waals surface area contributed by atoms with Crippen LogP contribution in [0.5, 0.6) is 0 Å². The summed E-state index contributed by atoms with van der Waals surface area (Å²) < 4.78 is 12.9. The standard InChI is InChI=1S/C13H18ClFN2O.ClH/c1-3-13(16,4-2)8-17-12(18)10-6-5-9(15)7-11(10)14;/h5-7H,3-4,8,16H2,1-2H3,(H,17,18);1H. The first-order valence-corrected chi connectivity index (χ1v) is 6.32. The smallest absolute Gasteiger partial charge is 0.252 e. The highest BCUT2D eigenvalue weighted by Crippen LogP contribution is 2.17. The molecule has 1 aromatic carbocycles. The lowest BCUT2D eigenvalue weighted by Gasteiger charge is -2.26. The third-order valence-corrected chi connectivity index (χ3v) is 3.50. The second-order valence-electron chi connectivity index (χ2n) is 4.38. The molecule has 108 valence electrons. The molecule has 1 rings (SSSR count). The van der Waals surface area contributed by atoms with E-state index in [0.717, 1.165) is 18.9 Å². The van der Waals surface area contributed by atoms with Crippen molar-refractivity contribution in [3.05, 3.63) is 34.6 Å². The summed E-state index contributed by atoms with van der Waals surface area (Å²) in [4.78, 5) is 11.9. The summed E-state index contributed by atoms with van der Waals surface area (Å²) in [6.07, 6.45) is 1.53. The monoisotopic (exact) mass is 308 g/mol. The van der Waals surface area contributed by atoms with Gasteiger partial charge in [-0.1, -0.05) is 25.4 Å². The summed E-state index contributed by atoms with van der Waals surface area (Å²) in [5, 5.41) is 2.83. The molecule has 0 spiro atoms. The average Bonchev–Trinajstić information content (AvgIpc) is 2.35. The van der Waals surface area contributed by atoms with E-state index in [1.807, 2.05) is 13.8 Å². The topological polar surface area (TPSA) is 55.1 Å². The Kier molecular flexibility index (Phi) is 7.34. The molecule has 0 aliphatic heterocycles. The molecule has 3 nitrogen and oxygen atoms in total. The van der Waals surface area contributed by atoms with Crippen molar-refractivity contribution in [2.75, 3.05) is 6.54 Å². The maximum atomic E-state index is 12.9. The van der Waals surface area contributed by atoms with Crippen LogP contribution in [0.2, 0.25) is 5.02 Å². The average molecular weight is 309 g/mol. The van der Waals surface area contributed by atoms with Gasteiger partial charge in [0, 0.05) is 12.1 Å². The zero-order chi connectivity index (χ0) is 13.8. The Morgan fingerprint density at radius 1 is 1.42 bits per heavy atom. The Hall–Kier alpha value is -0.840. The van der Waals surface area contributed by atoms with Crippen molar-refractivity contribution in [3.63, 3.8) is 0 Å². The molecule has 0 heterocycles. The van der Waals surface area contributed by atoms with Crippen LogP contribution in [-0.4, -0.2) is 18.0 Å². The molecule has 0 aliphatic carbocycles. The van der Waals surface area contributed by atoms with Crippen LogP contribution in [0, 0.1) is 5.82 Å². The van der Waals surface area contributed by atoms with Crippen molar-refractivity contribution in [1.29, 1.82) is 0 Å². The van der Waals surface area contributed by atoms with Crippen molar-refractivity contribution < 1.29 is 9.18 Å². The van der Waals surface area contributed by atoms with E-state index in [4.69, 9.17) is 17.3 Å². The van der Waals surface area contributed by atoms with Gasteiger partial charge in [-0.2, -0.15) is 0 Å². The fraction of sp³-hybridized carbons (Fsp3) is 0.462. The van der Waals surface area contributed by atoms with Gasteiger partial charge in [-0.15, -0.1) is 12.4 Å². The van der Waals surface area contributed by atoms with Crippen molar-refractivity contribution in [2.45, 2.75) is 32.2 Å². The van der Waals surface area contributed by atoms with Crippen LogP contribution >= 0.6 is 24.0 Å². The molecule has 1 amide bonds. The Morgan fingerprint density at radius 3 is 2.47 bits per heavy atom. The summed E-state index contributed by atoms with van der Waals surface area (Å²) in [5.74, 6) is -0.802. The third-order valence-electron chi connectivity index (χ3n) is 3.19. The van der Waals surface area contributed by atoms with Crippen LogP contribution in [0.15, 0.2) is 18.2 Å². The summed E-state index contributed by atoms with van der Waals surface area (Å²) in [6.45, 7) is 4.31. The second-order valence-corrected chi connectivity index (χ2v) is 4.78.